The number of rotatable bonds is 3. The third-order valence-corrected chi connectivity index (χ3v) is 4.58. The van der Waals surface area contributed by atoms with Crippen molar-refractivity contribution in [3.8, 4) is 0 Å². The smallest absolute Gasteiger partial charge is 0.224 e. The lowest BCUT2D eigenvalue weighted by molar-refractivity contribution is -0.131. The van der Waals surface area contributed by atoms with Crippen LogP contribution in [0.5, 0.6) is 0 Å². The Morgan fingerprint density at radius 2 is 2.28 bits per heavy atom. The van der Waals surface area contributed by atoms with E-state index >= 15 is 0 Å². The molecule has 0 spiro atoms. The Morgan fingerprint density at radius 1 is 1.50 bits per heavy atom. The second kappa shape index (κ2) is 6.02. The van der Waals surface area contributed by atoms with Crippen molar-refractivity contribution in [3.05, 3.63) is 0 Å². The number of carbonyl (C=O) groups excluding carboxylic acids is 1. The summed E-state index contributed by atoms with van der Waals surface area (Å²) in [6.07, 6.45) is 3.71. The molecule has 0 aliphatic carbocycles. The van der Waals surface area contributed by atoms with Gasteiger partial charge < -0.3 is 15.3 Å². The number of nitrogens with zero attached hydrogens (tertiary/aromatic N) is 1. The van der Waals surface area contributed by atoms with Crippen LogP contribution in [0.15, 0.2) is 0 Å². The van der Waals surface area contributed by atoms with E-state index in [2.05, 4.69) is 12.2 Å². The molecule has 0 aromatic heterocycles. The number of aliphatic hydroxyl groups excluding tert-OH is 1. The van der Waals surface area contributed by atoms with Crippen LogP contribution in [-0.2, 0) is 4.79 Å². The van der Waals surface area contributed by atoms with Crippen molar-refractivity contribution in [1.29, 1.82) is 0 Å². The first kappa shape index (κ1) is 13.8. The van der Waals surface area contributed by atoms with Gasteiger partial charge in [0.1, 0.15) is 0 Å². The van der Waals surface area contributed by atoms with E-state index in [0.717, 1.165) is 26.1 Å². The van der Waals surface area contributed by atoms with Gasteiger partial charge in [-0.3, -0.25) is 4.79 Å². The highest BCUT2D eigenvalue weighted by atomic mass is 16.3. The zero-order chi connectivity index (χ0) is 13.1. The maximum absolute atomic E-state index is 12.2. The lowest BCUT2D eigenvalue weighted by atomic mass is 9.90. The summed E-state index contributed by atoms with van der Waals surface area (Å²) in [6, 6.07) is 0.344. The predicted molar refractivity (Wildman–Crippen MR) is 71.2 cm³/mol. The average Bonchev–Trinajstić information content (AvgIpc) is 2.81. The van der Waals surface area contributed by atoms with E-state index in [1.54, 1.807) is 0 Å². The second-order valence-electron chi connectivity index (χ2n) is 6.01. The van der Waals surface area contributed by atoms with Gasteiger partial charge in [0.05, 0.1) is 6.10 Å². The van der Waals surface area contributed by atoms with Crippen molar-refractivity contribution in [2.45, 2.75) is 51.7 Å². The SMILES string of the molecule is CC(O)C1CCN(C(=O)CC2NCCCC2C)C1. The number of nitrogens with one attached hydrogen (secondary N) is 1. The van der Waals surface area contributed by atoms with Gasteiger partial charge in [-0.1, -0.05) is 6.92 Å². The summed E-state index contributed by atoms with van der Waals surface area (Å²) in [7, 11) is 0. The summed E-state index contributed by atoms with van der Waals surface area (Å²) < 4.78 is 0. The van der Waals surface area contributed by atoms with Crippen molar-refractivity contribution >= 4 is 5.91 Å². The molecule has 18 heavy (non-hydrogen) atoms. The molecule has 2 aliphatic rings. The van der Waals surface area contributed by atoms with Gasteiger partial charge in [0.25, 0.3) is 0 Å². The first-order valence-electron chi connectivity index (χ1n) is 7.27. The Kier molecular flexibility index (Phi) is 4.62. The van der Waals surface area contributed by atoms with Gasteiger partial charge in [0.2, 0.25) is 5.91 Å². The van der Waals surface area contributed by atoms with E-state index in [1.165, 1.54) is 12.8 Å². The fourth-order valence-electron chi connectivity index (χ4n) is 3.11. The lowest BCUT2D eigenvalue weighted by Gasteiger charge is -2.31. The van der Waals surface area contributed by atoms with Crippen LogP contribution in [0.4, 0.5) is 0 Å². The molecule has 0 aromatic rings. The molecule has 2 fully saturated rings. The van der Waals surface area contributed by atoms with Crippen molar-refractivity contribution in [3.63, 3.8) is 0 Å². The lowest BCUT2D eigenvalue weighted by Crippen LogP contribution is -2.44. The quantitative estimate of drug-likeness (QED) is 0.790. The van der Waals surface area contributed by atoms with Gasteiger partial charge in [-0.15, -0.1) is 0 Å². The molecule has 104 valence electrons. The zero-order valence-corrected chi connectivity index (χ0v) is 11.6. The van der Waals surface area contributed by atoms with E-state index in [-0.39, 0.29) is 17.9 Å². The number of likely N-dealkylation sites (tertiary alicyclic amines) is 1. The van der Waals surface area contributed by atoms with Crippen LogP contribution < -0.4 is 5.32 Å². The maximum atomic E-state index is 12.2. The highest BCUT2D eigenvalue weighted by Gasteiger charge is 2.31. The highest BCUT2D eigenvalue weighted by molar-refractivity contribution is 5.77. The fourth-order valence-corrected chi connectivity index (χ4v) is 3.11. The first-order chi connectivity index (χ1) is 8.58. The monoisotopic (exact) mass is 254 g/mol. The van der Waals surface area contributed by atoms with Crippen molar-refractivity contribution in [2.75, 3.05) is 19.6 Å². The molecule has 2 rings (SSSR count). The van der Waals surface area contributed by atoms with Crippen LogP contribution in [0.25, 0.3) is 0 Å². The maximum Gasteiger partial charge on any atom is 0.224 e. The molecule has 4 heteroatoms. The number of amides is 1. The standard InChI is InChI=1S/C14H26N2O2/c1-10-4-3-6-15-13(10)8-14(18)16-7-5-12(9-16)11(2)17/h10-13,15,17H,3-9H2,1-2H3. The van der Waals surface area contributed by atoms with Crippen molar-refractivity contribution in [1.82, 2.24) is 10.2 Å². The average molecular weight is 254 g/mol. The molecule has 4 atom stereocenters. The van der Waals surface area contributed by atoms with E-state index in [1.807, 2.05) is 11.8 Å². The normalized spacial score (nSPS) is 34.6. The fraction of sp³-hybridized carbons (Fsp3) is 0.929. The van der Waals surface area contributed by atoms with E-state index in [4.69, 9.17) is 0 Å². The van der Waals surface area contributed by atoms with Gasteiger partial charge in [-0.25, -0.2) is 0 Å². The van der Waals surface area contributed by atoms with E-state index < -0.39 is 0 Å². The minimum atomic E-state index is -0.297. The molecule has 2 heterocycles. The summed E-state index contributed by atoms with van der Waals surface area (Å²) in [5.74, 6) is 1.12. The summed E-state index contributed by atoms with van der Waals surface area (Å²) >= 11 is 0. The molecular formula is C14H26N2O2. The van der Waals surface area contributed by atoms with Crippen LogP contribution >= 0.6 is 0 Å². The summed E-state index contributed by atoms with van der Waals surface area (Å²) in [6.45, 7) is 6.64. The molecule has 0 saturated carbocycles. The third kappa shape index (κ3) is 3.23. The number of hydrogen-bond donors (Lipinski definition) is 2. The molecular weight excluding hydrogens is 228 g/mol. The number of piperidine rings is 1. The van der Waals surface area contributed by atoms with Crippen molar-refractivity contribution in [2.24, 2.45) is 11.8 Å². The minimum absolute atomic E-state index is 0.254. The molecule has 1 amide bonds. The number of carbonyl (C=O) groups is 1. The Balaban J connectivity index is 1.81. The third-order valence-electron chi connectivity index (χ3n) is 4.58. The number of hydrogen-bond acceptors (Lipinski definition) is 3. The topological polar surface area (TPSA) is 52.6 Å². The molecule has 2 saturated heterocycles. The largest absolute Gasteiger partial charge is 0.393 e. The molecule has 2 aliphatic heterocycles. The van der Waals surface area contributed by atoms with Crippen LogP contribution in [0.3, 0.4) is 0 Å². The van der Waals surface area contributed by atoms with Crippen molar-refractivity contribution < 1.29 is 9.90 Å². The highest BCUT2D eigenvalue weighted by Crippen LogP contribution is 2.23. The van der Waals surface area contributed by atoms with Gasteiger partial charge in [0, 0.05) is 31.5 Å². The first-order valence-corrected chi connectivity index (χ1v) is 7.27. The molecule has 0 aromatic carbocycles. The molecule has 4 nitrogen and oxygen atoms in total. The Labute approximate surface area is 110 Å². The Bertz CT molecular complexity index is 294. The van der Waals surface area contributed by atoms with Gasteiger partial charge in [-0.05, 0) is 38.6 Å². The van der Waals surface area contributed by atoms with E-state index in [0.29, 0.717) is 18.4 Å². The van der Waals surface area contributed by atoms with Crippen LogP contribution in [0.2, 0.25) is 0 Å². The summed E-state index contributed by atoms with van der Waals surface area (Å²) in [4.78, 5) is 14.2. The molecule has 2 N–H and O–H groups in total. The zero-order valence-electron chi connectivity index (χ0n) is 11.6. The van der Waals surface area contributed by atoms with Gasteiger partial charge in [0.15, 0.2) is 0 Å². The predicted octanol–water partition coefficient (Wildman–Crippen LogP) is 0.994. The summed E-state index contributed by atoms with van der Waals surface area (Å²) in [5.41, 5.74) is 0. The van der Waals surface area contributed by atoms with Crippen LogP contribution in [0.1, 0.15) is 39.5 Å². The van der Waals surface area contributed by atoms with E-state index in [9.17, 15) is 9.90 Å². The number of aliphatic hydroxyl groups is 1. The molecule has 0 bridgehead atoms. The Morgan fingerprint density at radius 3 is 2.89 bits per heavy atom. The molecule has 4 unspecified atom stereocenters. The Hall–Kier alpha value is -0.610. The van der Waals surface area contributed by atoms with Gasteiger partial charge in [-0.2, -0.15) is 0 Å². The summed E-state index contributed by atoms with van der Waals surface area (Å²) in [5, 5.41) is 13.0. The minimum Gasteiger partial charge on any atom is -0.393 e. The second-order valence-corrected chi connectivity index (χ2v) is 6.01. The van der Waals surface area contributed by atoms with Crippen LogP contribution in [0, 0.1) is 11.8 Å². The molecule has 0 radical (unpaired) electrons. The van der Waals surface area contributed by atoms with Gasteiger partial charge >= 0.3 is 0 Å². The van der Waals surface area contributed by atoms with Crippen LogP contribution in [-0.4, -0.2) is 47.7 Å².